The molecule has 1 N–H and O–H groups in total. The third-order valence-corrected chi connectivity index (χ3v) is 4.20. The van der Waals surface area contributed by atoms with E-state index in [0.717, 1.165) is 10.9 Å². The van der Waals surface area contributed by atoms with Gasteiger partial charge in [0.05, 0.1) is 0 Å². The summed E-state index contributed by atoms with van der Waals surface area (Å²) in [4.78, 5) is 29.7. The van der Waals surface area contributed by atoms with Gasteiger partial charge in [0.1, 0.15) is 5.58 Å². The Hall–Kier alpha value is -3.16. The van der Waals surface area contributed by atoms with Gasteiger partial charge in [-0.05, 0) is 24.6 Å². The van der Waals surface area contributed by atoms with Gasteiger partial charge in [-0.3, -0.25) is 0 Å². The van der Waals surface area contributed by atoms with Gasteiger partial charge in [-0.25, -0.2) is 9.59 Å². The molecule has 0 saturated heterocycles. The van der Waals surface area contributed by atoms with Gasteiger partial charge in [0.15, 0.2) is 5.82 Å². The van der Waals surface area contributed by atoms with Crippen molar-refractivity contribution in [2.45, 2.75) is 33.1 Å². The zero-order valence-corrected chi connectivity index (χ0v) is 15.8. The summed E-state index contributed by atoms with van der Waals surface area (Å²) in [7, 11) is 1.68. The number of hydrogen-bond donors (Lipinski definition) is 1. The molecule has 0 saturated carbocycles. The molecule has 0 spiro atoms. The van der Waals surface area contributed by atoms with E-state index in [0.29, 0.717) is 36.0 Å². The number of amides is 2. The summed E-state index contributed by atoms with van der Waals surface area (Å²) in [6, 6.07) is 6.39. The summed E-state index contributed by atoms with van der Waals surface area (Å²) in [6.45, 7) is 6.23. The van der Waals surface area contributed by atoms with Gasteiger partial charge in [0.25, 0.3) is 0 Å². The summed E-state index contributed by atoms with van der Waals surface area (Å²) >= 11 is 0. The summed E-state index contributed by atoms with van der Waals surface area (Å²) in [6.07, 6.45) is 0.492. The first-order chi connectivity index (χ1) is 12.8. The van der Waals surface area contributed by atoms with Crippen LogP contribution in [-0.4, -0.2) is 34.7 Å². The van der Waals surface area contributed by atoms with E-state index in [1.54, 1.807) is 19.2 Å². The van der Waals surface area contributed by atoms with Crippen molar-refractivity contribution in [2.75, 3.05) is 18.9 Å². The first-order valence-electron chi connectivity index (χ1n) is 8.72. The first kappa shape index (κ1) is 18.6. The molecule has 27 heavy (non-hydrogen) atoms. The van der Waals surface area contributed by atoms with Crippen LogP contribution in [0.25, 0.3) is 11.0 Å². The number of aromatic nitrogens is 2. The highest BCUT2D eigenvalue weighted by molar-refractivity contribution is 5.92. The van der Waals surface area contributed by atoms with Gasteiger partial charge in [-0.2, -0.15) is 4.98 Å². The molecule has 2 aromatic heterocycles. The number of anilines is 1. The van der Waals surface area contributed by atoms with Crippen LogP contribution < -0.4 is 10.9 Å². The van der Waals surface area contributed by atoms with Gasteiger partial charge in [0.2, 0.25) is 5.89 Å². The molecule has 8 nitrogen and oxygen atoms in total. The fourth-order valence-electron chi connectivity index (χ4n) is 2.59. The lowest BCUT2D eigenvalue weighted by atomic mass is 10.1. The second-order valence-electron chi connectivity index (χ2n) is 6.76. The molecule has 0 aliphatic heterocycles. The molecule has 0 radical (unpaired) electrons. The van der Waals surface area contributed by atoms with Gasteiger partial charge in [-0.15, -0.1) is 0 Å². The monoisotopic (exact) mass is 370 g/mol. The lowest BCUT2D eigenvalue weighted by Gasteiger charge is -2.17. The summed E-state index contributed by atoms with van der Waals surface area (Å²) in [5.41, 5.74) is 1.40. The molecule has 2 heterocycles. The molecule has 0 aliphatic rings. The van der Waals surface area contributed by atoms with Crippen LogP contribution >= 0.6 is 0 Å². The Balaban J connectivity index is 1.63. The molecular weight excluding hydrogens is 348 g/mol. The van der Waals surface area contributed by atoms with Crippen molar-refractivity contribution < 1.29 is 13.7 Å². The highest BCUT2D eigenvalue weighted by Crippen LogP contribution is 2.21. The van der Waals surface area contributed by atoms with Crippen LogP contribution in [0.1, 0.15) is 37.0 Å². The molecule has 3 aromatic rings. The second-order valence-corrected chi connectivity index (χ2v) is 6.76. The zero-order valence-electron chi connectivity index (χ0n) is 15.8. The predicted molar refractivity (Wildman–Crippen MR) is 101 cm³/mol. The number of rotatable bonds is 5. The summed E-state index contributed by atoms with van der Waals surface area (Å²) < 4.78 is 10.4. The highest BCUT2D eigenvalue weighted by atomic mass is 16.5. The van der Waals surface area contributed by atoms with Crippen molar-refractivity contribution in [3.8, 4) is 0 Å². The molecule has 0 fully saturated rings. The molecule has 2 amide bonds. The minimum Gasteiger partial charge on any atom is -0.423 e. The van der Waals surface area contributed by atoms with Crippen LogP contribution in [0.3, 0.4) is 0 Å². The van der Waals surface area contributed by atoms with Gasteiger partial charge in [0, 0.05) is 49.1 Å². The van der Waals surface area contributed by atoms with E-state index in [4.69, 9.17) is 8.94 Å². The Bertz CT molecular complexity index is 1020. The molecular formula is C19H22N4O4. The predicted octanol–water partition coefficient (Wildman–Crippen LogP) is 3.31. The third kappa shape index (κ3) is 4.33. The molecule has 0 atom stereocenters. The number of carbonyl (C=O) groups excluding carboxylic acids is 1. The van der Waals surface area contributed by atoms with Crippen LogP contribution in [0.2, 0.25) is 0 Å². The normalized spacial score (nSPS) is 11.1. The molecule has 3 rings (SSSR count). The van der Waals surface area contributed by atoms with Crippen LogP contribution in [0.5, 0.6) is 0 Å². The largest absolute Gasteiger partial charge is 0.423 e. The lowest BCUT2D eigenvalue weighted by molar-refractivity contribution is 0.222. The lowest BCUT2D eigenvalue weighted by Crippen LogP contribution is -2.33. The number of nitrogens with one attached hydrogen (secondary N) is 1. The number of fused-ring (bicyclic) bond motifs is 1. The molecule has 0 unspecified atom stereocenters. The van der Waals surface area contributed by atoms with Gasteiger partial charge >= 0.3 is 11.7 Å². The van der Waals surface area contributed by atoms with E-state index in [9.17, 15) is 9.59 Å². The Morgan fingerprint density at radius 3 is 2.78 bits per heavy atom. The summed E-state index contributed by atoms with van der Waals surface area (Å²) in [5.74, 6) is 1.33. The standard InChI is InChI=1S/C19H22N4O4/c1-11(2)18-21-16(22-27-18)7-8-23(4)19(25)20-13-5-6-14-12(3)9-17(24)26-15(14)10-13/h5-6,9-11H,7-8H2,1-4H3,(H,20,25). The minimum atomic E-state index is -0.415. The molecule has 0 bridgehead atoms. The maximum absolute atomic E-state index is 12.4. The van der Waals surface area contributed by atoms with Crippen molar-refractivity contribution in [2.24, 2.45) is 0 Å². The van der Waals surface area contributed by atoms with Crippen molar-refractivity contribution >= 4 is 22.7 Å². The van der Waals surface area contributed by atoms with Crippen molar-refractivity contribution in [3.63, 3.8) is 0 Å². The van der Waals surface area contributed by atoms with Crippen molar-refractivity contribution in [1.82, 2.24) is 15.0 Å². The maximum atomic E-state index is 12.4. The van der Waals surface area contributed by atoms with Crippen LogP contribution in [0.15, 0.2) is 38.0 Å². The molecule has 1 aromatic carbocycles. The minimum absolute atomic E-state index is 0.170. The van der Waals surface area contributed by atoms with E-state index in [1.807, 2.05) is 26.8 Å². The number of urea groups is 1. The average Bonchev–Trinajstić information content (AvgIpc) is 3.08. The Morgan fingerprint density at radius 1 is 1.30 bits per heavy atom. The number of likely N-dealkylation sites (N-methyl/N-ethyl adjacent to an activating group) is 1. The first-order valence-corrected chi connectivity index (χ1v) is 8.72. The van der Waals surface area contributed by atoms with Crippen LogP contribution in [-0.2, 0) is 6.42 Å². The maximum Gasteiger partial charge on any atom is 0.336 e. The molecule has 0 aliphatic carbocycles. The number of benzene rings is 1. The zero-order chi connectivity index (χ0) is 19.6. The Kier molecular flexibility index (Phi) is 5.25. The SMILES string of the molecule is Cc1cc(=O)oc2cc(NC(=O)N(C)CCc3noc(C(C)C)n3)ccc12. The number of nitrogens with zero attached hydrogens (tertiary/aromatic N) is 3. The number of aryl methyl sites for hydroxylation is 1. The molecule has 8 heteroatoms. The van der Waals surface area contributed by atoms with Crippen molar-refractivity contribution in [3.05, 3.63) is 52.0 Å². The van der Waals surface area contributed by atoms with E-state index in [-0.39, 0.29) is 11.9 Å². The quantitative estimate of drug-likeness (QED) is 0.691. The highest BCUT2D eigenvalue weighted by Gasteiger charge is 2.14. The van der Waals surface area contributed by atoms with Crippen molar-refractivity contribution in [1.29, 1.82) is 0 Å². The number of hydrogen-bond acceptors (Lipinski definition) is 6. The smallest absolute Gasteiger partial charge is 0.336 e. The van der Waals surface area contributed by atoms with Gasteiger partial charge in [-0.1, -0.05) is 19.0 Å². The van der Waals surface area contributed by atoms with E-state index >= 15 is 0 Å². The van der Waals surface area contributed by atoms with E-state index in [1.165, 1.54) is 11.0 Å². The van der Waals surface area contributed by atoms with Crippen LogP contribution in [0.4, 0.5) is 10.5 Å². The average molecular weight is 370 g/mol. The van der Waals surface area contributed by atoms with E-state index < -0.39 is 5.63 Å². The topological polar surface area (TPSA) is 101 Å². The Labute approximate surface area is 156 Å². The molecule has 142 valence electrons. The van der Waals surface area contributed by atoms with E-state index in [2.05, 4.69) is 15.5 Å². The van der Waals surface area contributed by atoms with Crippen LogP contribution in [0, 0.1) is 6.92 Å². The third-order valence-electron chi connectivity index (χ3n) is 4.20. The van der Waals surface area contributed by atoms with Gasteiger partial charge < -0.3 is 19.2 Å². The number of carbonyl (C=O) groups is 1. The summed E-state index contributed by atoms with van der Waals surface area (Å²) in [5, 5.41) is 7.54. The fraction of sp³-hybridized carbons (Fsp3) is 0.368. The Morgan fingerprint density at radius 2 is 2.07 bits per heavy atom. The fourth-order valence-corrected chi connectivity index (χ4v) is 2.59. The second kappa shape index (κ2) is 7.61.